The second-order valence-corrected chi connectivity index (χ2v) is 6.68. The third kappa shape index (κ3) is 3.75. The van der Waals surface area contributed by atoms with Crippen LogP contribution in [0, 0.1) is 5.92 Å². The van der Waals surface area contributed by atoms with Crippen molar-refractivity contribution in [1.29, 1.82) is 0 Å². The first-order valence-corrected chi connectivity index (χ1v) is 8.72. The van der Waals surface area contributed by atoms with E-state index in [2.05, 4.69) is 51.2 Å². The van der Waals surface area contributed by atoms with Crippen LogP contribution in [-0.4, -0.2) is 18.8 Å². The van der Waals surface area contributed by atoms with Gasteiger partial charge in [0.2, 0.25) is 0 Å². The van der Waals surface area contributed by atoms with Crippen molar-refractivity contribution >= 4 is 0 Å². The number of hydrogen-bond acceptors (Lipinski definition) is 3. The van der Waals surface area contributed by atoms with E-state index < -0.39 is 0 Å². The SMILES string of the molecule is CCOc1ccc2c(c1)OC(CC)(CC)CC2NCC(C)C. The molecule has 0 aliphatic carbocycles. The normalized spacial score (nSPS) is 19.6. The predicted molar refractivity (Wildman–Crippen MR) is 91.8 cm³/mol. The lowest BCUT2D eigenvalue weighted by atomic mass is 9.83. The van der Waals surface area contributed by atoms with Gasteiger partial charge >= 0.3 is 0 Å². The van der Waals surface area contributed by atoms with E-state index in [4.69, 9.17) is 9.47 Å². The lowest BCUT2D eigenvalue weighted by Gasteiger charge is -2.42. The molecule has 1 unspecified atom stereocenters. The summed E-state index contributed by atoms with van der Waals surface area (Å²) in [5, 5.41) is 3.73. The summed E-state index contributed by atoms with van der Waals surface area (Å²) in [5.41, 5.74) is 1.20. The van der Waals surface area contributed by atoms with Gasteiger partial charge in [-0.15, -0.1) is 0 Å². The molecule has 0 bridgehead atoms. The minimum atomic E-state index is -0.0630. The fourth-order valence-electron chi connectivity index (χ4n) is 3.15. The van der Waals surface area contributed by atoms with E-state index in [1.807, 2.05) is 6.92 Å². The minimum absolute atomic E-state index is 0.0630. The largest absolute Gasteiger partial charge is 0.494 e. The van der Waals surface area contributed by atoms with Gasteiger partial charge in [-0.05, 0) is 38.3 Å². The van der Waals surface area contributed by atoms with Gasteiger partial charge in [-0.1, -0.05) is 33.8 Å². The van der Waals surface area contributed by atoms with Crippen LogP contribution >= 0.6 is 0 Å². The Hall–Kier alpha value is -1.22. The monoisotopic (exact) mass is 305 g/mol. The lowest BCUT2D eigenvalue weighted by molar-refractivity contribution is 0.0221. The minimum Gasteiger partial charge on any atom is -0.494 e. The third-order valence-corrected chi connectivity index (χ3v) is 4.64. The molecule has 2 rings (SSSR count). The predicted octanol–water partition coefficient (Wildman–Crippen LogP) is 4.71. The van der Waals surface area contributed by atoms with Crippen molar-refractivity contribution in [3.63, 3.8) is 0 Å². The number of fused-ring (bicyclic) bond motifs is 1. The van der Waals surface area contributed by atoms with Crippen LogP contribution in [0.3, 0.4) is 0 Å². The van der Waals surface area contributed by atoms with Crippen molar-refractivity contribution in [2.24, 2.45) is 5.92 Å². The first-order chi connectivity index (χ1) is 10.5. The summed E-state index contributed by atoms with van der Waals surface area (Å²) in [6.45, 7) is 12.7. The fraction of sp³-hybridized carbons (Fsp3) is 0.684. The maximum Gasteiger partial charge on any atom is 0.128 e. The molecule has 22 heavy (non-hydrogen) atoms. The smallest absolute Gasteiger partial charge is 0.128 e. The number of benzene rings is 1. The molecule has 0 radical (unpaired) electrons. The molecule has 124 valence electrons. The van der Waals surface area contributed by atoms with Crippen LogP contribution < -0.4 is 14.8 Å². The van der Waals surface area contributed by atoms with Gasteiger partial charge in [0.25, 0.3) is 0 Å². The Balaban J connectivity index is 2.31. The quantitative estimate of drug-likeness (QED) is 0.791. The lowest BCUT2D eigenvalue weighted by Crippen LogP contribution is -2.44. The van der Waals surface area contributed by atoms with Crippen LogP contribution in [0.2, 0.25) is 0 Å². The average Bonchev–Trinajstić information content (AvgIpc) is 2.52. The summed E-state index contributed by atoms with van der Waals surface area (Å²) in [4.78, 5) is 0. The molecular formula is C19H31NO2. The second-order valence-electron chi connectivity index (χ2n) is 6.68. The number of ether oxygens (including phenoxy) is 2. The van der Waals surface area contributed by atoms with E-state index >= 15 is 0 Å². The first-order valence-electron chi connectivity index (χ1n) is 8.72. The first kappa shape index (κ1) is 17.1. The van der Waals surface area contributed by atoms with Crippen LogP contribution in [0.4, 0.5) is 0 Å². The van der Waals surface area contributed by atoms with Gasteiger partial charge in [0.05, 0.1) is 6.61 Å². The summed E-state index contributed by atoms with van der Waals surface area (Å²) in [7, 11) is 0. The molecule has 1 heterocycles. The standard InChI is InChI=1S/C19H31NO2/c1-6-19(7-2)12-17(20-13-14(4)5)16-10-9-15(21-8-3)11-18(16)22-19/h9-11,14,17,20H,6-8,12-13H2,1-5H3. The molecule has 0 aromatic heterocycles. The molecule has 0 saturated heterocycles. The van der Waals surface area contributed by atoms with Gasteiger partial charge in [-0.3, -0.25) is 0 Å². The Morgan fingerprint density at radius 1 is 1.27 bits per heavy atom. The van der Waals surface area contributed by atoms with Gasteiger partial charge in [-0.25, -0.2) is 0 Å². The molecule has 0 saturated carbocycles. The van der Waals surface area contributed by atoms with Gasteiger partial charge in [0.15, 0.2) is 0 Å². The van der Waals surface area contributed by atoms with Gasteiger partial charge in [0, 0.05) is 24.1 Å². The molecule has 3 nitrogen and oxygen atoms in total. The van der Waals surface area contributed by atoms with E-state index in [0.717, 1.165) is 37.3 Å². The molecule has 1 atom stereocenters. The second kappa shape index (κ2) is 7.36. The summed E-state index contributed by atoms with van der Waals surface area (Å²) in [5.74, 6) is 2.53. The maximum absolute atomic E-state index is 6.42. The molecule has 1 N–H and O–H groups in total. The molecule has 0 amide bonds. The Morgan fingerprint density at radius 3 is 2.59 bits per heavy atom. The highest BCUT2D eigenvalue weighted by atomic mass is 16.5. The molecular weight excluding hydrogens is 274 g/mol. The van der Waals surface area contributed by atoms with Gasteiger partial charge in [0.1, 0.15) is 17.1 Å². The van der Waals surface area contributed by atoms with Crippen molar-refractivity contribution in [2.45, 2.75) is 65.5 Å². The summed E-state index contributed by atoms with van der Waals surface area (Å²) < 4.78 is 12.1. The van der Waals surface area contributed by atoms with E-state index in [1.165, 1.54) is 5.56 Å². The number of hydrogen-bond donors (Lipinski definition) is 1. The molecule has 0 fully saturated rings. The number of nitrogens with one attached hydrogen (secondary N) is 1. The molecule has 3 heteroatoms. The zero-order valence-corrected chi connectivity index (χ0v) is 14.7. The highest BCUT2D eigenvalue weighted by Gasteiger charge is 2.38. The Bertz CT molecular complexity index is 480. The average molecular weight is 305 g/mol. The van der Waals surface area contributed by atoms with Crippen LogP contribution in [0.1, 0.15) is 65.5 Å². The zero-order valence-electron chi connectivity index (χ0n) is 14.7. The van der Waals surface area contributed by atoms with E-state index in [0.29, 0.717) is 18.6 Å². The van der Waals surface area contributed by atoms with Crippen molar-refractivity contribution in [3.05, 3.63) is 23.8 Å². The van der Waals surface area contributed by atoms with Crippen LogP contribution in [0.5, 0.6) is 11.5 Å². The van der Waals surface area contributed by atoms with Crippen molar-refractivity contribution < 1.29 is 9.47 Å². The molecule has 1 aromatic carbocycles. The topological polar surface area (TPSA) is 30.5 Å². The van der Waals surface area contributed by atoms with E-state index in [1.54, 1.807) is 0 Å². The Labute approximate surface area is 135 Å². The van der Waals surface area contributed by atoms with Gasteiger partial charge in [-0.2, -0.15) is 0 Å². The molecule has 1 aliphatic heterocycles. The van der Waals surface area contributed by atoms with Crippen LogP contribution in [0.25, 0.3) is 0 Å². The van der Waals surface area contributed by atoms with Crippen molar-refractivity contribution in [2.75, 3.05) is 13.2 Å². The molecule has 1 aromatic rings. The zero-order chi connectivity index (χ0) is 16.2. The maximum atomic E-state index is 6.42. The summed E-state index contributed by atoms with van der Waals surface area (Å²) >= 11 is 0. The molecule has 1 aliphatic rings. The Morgan fingerprint density at radius 2 is 2.00 bits per heavy atom. The van der Waals surface area contributed by atoms with E-state index in [-0.39, 0.29) is 5.60 Å². The highest BCUT2D eigenvalue weighted by Crippen LogP contribution is 2.44. The third-order valence-electron chi connectivity index (χ3n) is 4.64. The molecule has 0 spiro atoms. The fourth-order valence-corrected chi connectivity index (χ4v) is 3.15. The van der Waals surface area contributed by atoms with Crippen LogP contribution in [-0.2, 0) is 0 Å². The van der Waals surface area contributed by atoms with Crippen LogP contribution in [0.15, 0.2) is 18.2 Å². The van der Waals surface area contributed by atoms with Crippen molar-refractivity contribution in [1.82, 2.24) is 5.32 Å². The Kier molecular flexibility index (Phi) is 5.74. The number of rotatable bonds is 7. The van der Waals surface area contributed by atoms with E-state index in [9.17, 15) is 0 Å². The van der Waals surface area contributed by atoms with Crippen molar-refractivity contribution in [3.8, 4) is 11.5 Å². The summed E-state index contributed by atoms with van der Waals surface area (Å²) in [6.07, 6.45) is 3.09. The highest BCUT2D eigenvalue weighted by molar-refractivity contribution is 5.44. The summed E-state index contributed by atoms with van der Waals surface area (Å²) in [6, 6.07) is 6.64. The van der Waals surface area contributed by atoms with Gasteiger partial charge < -0.3 is 14.8 Å².